The van der Waals surface area contributed by atoms with E-state index < -0.39 is 5.60 Å². The summed E-state index contributed by atoms with van der Waals surface area (Å²) in [5, 5.41) is 13.7. The minimum Gasteiger partial charge on any atom is -0.444 e. The number of piperidine rings is 1. The number of fused-ring (bicyclic) bond motifs is 3. The van der Waals surface area contributed by atoms with Gasteiger partial charge in [0.05, 0.1) is 0 Å². The molecule has 0 spiro atoms. The van der Waals surface area contributed by atoms with E-state index in [0.29, 0.717) is 19.5 Å². The van der Waals surface area contributed by atoms with Crippen LogP contribution in [0.2, 0.25) is 0 Å². The Morgan fingerprint density at radius 3 is 2.74 bits per heavy atom. The lowest BCUT2D eigenvalue weighted by atomic mass is 9.93. The zero-order chi connectivity index (χ0) is 19.2. The van der Waals surface area contributed by atoms with Gasteiger partial charge in [0.15, 0.2) is 0 Å². The molecule has 4 rings (SSSR count). The molecule has 1 aliphatic carbocycles. The van der Waals surface area contributed by atoms with Crippen molar-refractivity contribution in [3.05, 3.63) is 23.8 Å². The van der Waals surface area contributed by atoms with Gasteiger partial charge in [-0.25, -0.2) is 4.79 Å². The van der Waals surface area contributed by atoms with Crippen molar-refractivity contribution in [2.24, 2.45) is 11.8 Å². The number of H-pyrrole nitrogens is 1. The highest BCUT2D eigenvalue weighted by atomic mass is 16.6. The van der Waals surface area contributed by atoms with Crippen LogP contribution in [-0.4, -0.2) is 50.5 Å². The number of nitrogens with zero attached hydrogens (tertiary/aromatic N) is 3. The lowest BCUT2D eigenvalue weighted by Gasteiger charge is -2.32. The van der Waals surface area contributed by atoms with E-state index in [1.54, 1.807) is 4.90 Å². The molecule has 3 unspecified atom stereocenters. The van der Waals surface area contributed by atoms with Gasteiger partial charge in [-0.2, -0.15) is 15.4 Å². The Labute approximate surface area is 157 Å². The van der Waals surface area contributed by atoms with Crippen LogP contribution in [0.1, 0.15) is 39.2 Å². The van der Waals surface area contributed by atoms with Gasteiger partial charge in [0.1, 0.15) is 16.6 Å². The van der Waals surface area contributed by atoms with Crippen molar-refractivity contribution in [3.63, 3.8) is 0 Å². The third-order valence-electron chi connectivity index (χ3n) is 5.35. The average Bonchev–Trinajstić information content (AvgIpc) is 3.32. The van der Waals surface area contributed by atoms with Crippen molar-refractivity contribution >= 4 is 23.0 Å². The predicted molar refractivity (Wildman–Crippen MR) is 98.7 cm³/mol. The average molecular weight is 371 g/mol. The summed E-state index contributed by atoms with van der Waals surface area (Å²) in [4.78, 5) is 26.7. The highest BCUT2D eigenvalue weighted by Gasteiger charge is 2.49. The Morgan fingerprint density at radius 2 is 2.04 bits per heavy atom. The molecule has 1 aromatic heterocycles. The summed E-state index contributed by atoms with van der Waals surface area (Å²) >= 11 is 0. The van der Waals surface area contributed by atoms with Gasteiger partial charge in [0.2, 0.25) is 5.91 Å². The molecule has 2 heterocycles. The van der Waals surface area contributed by atoms with E-state index in [-0.39, 0.29) is 29.9 Å². The van der Waals surface area contributed by atoms with E-state index in [2.05, 4.69) is 20.7 Å². The number of aromatic nitrogens is 3. The van der Waals surface area contributed by atoms with Crippen LogP contribution < -0.4 is 5.32 Å². The second-order valence-electron chi connectivity index (χ2n) is 8.49. The highest BCUT2D eigenvalue weighted by Crippen LogP contribution is 2.42. The van der Waals surface area contributed by atoms with Gasteiger partial charge in [0, 0.05) is 25.0 Å². The van der Waals surface area contributed by atoms with Gasteiger partial charge in [-0.3, -0.25) is 4.79 Å². The van der Waals surface area contributed by atoms with Crippen LogP contribution in [-0.2, 0) is 16.1 Å². The Kier molecular flexibility index (Phi) is 4.28. The van der Waals surface area contributed by atoms with Crippen molar-refractivity contribution in [1.29, 1.82) is 0 Å². The van der Waals surface area contributed by atoms with Gasteiger partial charge < -0.3 is 15.0 Å². The zero-order valence-electron chi connectivity index (χ0n) is 15.9. The number of hydrogen-bond donors (Lipinski definition) is 2. The normalized spacial score (nSPS) is 24.4. The molecular weight excluding hydrogens is 346 g/mol. The Bertz CT molecular complexity index is 872. The summed E-state index contributed by atoms with van der Waals surface area (Å²) in [5.74, 6) is 0.233. The van der Waals surface area contributed by atoms with Crippen molar-refractivity contribution in [2.75, 3.05) is 6.54 Å². The first-order valence-corrected chi connectivity index (χ1v) is 9.37. The van der Waals surface area contributed by atoms with Gasteiger partial charge in [-0.1, -0.05) is 6.07 Å². The summed E-state index contributed by atoms with van der Waals surface area (Å²) in [6, 6.07) is 5.85. The van der Waals surface area contributed by atoms with Crippen LogP contribution >= 0.6 is 0 Å². The monoisotopic (exact) mass is 371 g/mol. The lowest BCUT2D eigenvalue weighted by Crippen LogP contribution is -2.45. The fourth-order valence-electron chi connectivity index (χ4n) is 4.13. The standard InChI is InChI=1S/C19H25N5O3/c1-19(2,3)27-18(26)24-10-12-7-13(24)8-14(12)17(25)20-9-11-4-5-15-16(6-11)22-23-21-15/h4-6,12-14H,7-10H2,1-3H3,(H,20,25)(H,21,22,23). The number of nitrogens with one attached hydrogen (secondary N) is 2. The summed E-state index contributed by atoms with van der Waals surface area (Å²) in [6.45, 7) is 6.66. The number of benzene rings is 1. The fraction of sp³-hybridized carbons (Fsp3) is 0.579. The first-order chi connectivity index (χ1) is 12.8. The molecule has 144 valence electrons. The first kappa shape index (κ1) is 17.8. The van der Waals surface area contributed by atoms with Gasteiger partial charge in [0.25, 0.3) is 0 Å². The molecule has 2 N–H and O–H groups in total. The van der Waals surface area contributed by atoms with Crippen LogP contribution in [0.25, 0.3) is 11.0 Å². The largest absolute Gasteiger partial charge is 0.444 e. The number of likely N-dealkylation sites (tertiary alicyclic amines) is 1. The molecule has 1 aromatic carbocycles. The molecule has 8 heteroatoms. The van der Waals surface area contributed by atoms with E-state index >= 15 is 0 Å². The number of carbonyl (C=O) groups is 2. The van der Waals surface area contributed by atoms with E-state index in [9.17, 15) is 9.59 Å². The molecule has 1 saturated carbocycles. The Morgan fingerprint density at radius 1 is 1.26 bits per heavy atom. The number of amides is 2. The van der Waals surface area contributed by atoms with Gasteiger partial charge in [-0.15, -0.1) is 0 Å². The van der Waals surface area contributed by atoms with Crippen LogP contribution in [0.3, 0.4) is 0 Å². The maximum atomic E-state index is 12.6. The van der Waals surface area contributed by atoms with Crippen molar-refractivity contribution in [3.8, 4) is 0 Å². The zero-order valence-corrected chi connectivity index (χ0v) is 15.9. The summed E-state index contributed by atoms with van der Waals surface area (Å²) in [5.41, 5.74) is 2.08. The number of carbonyl (C=O) groups excluding carboxylic acids is 2. The highest BCUT2D eigenvalue weighted by molar-refractivity contribution is 5.81. The maximum Gasteiger partial charge on any atom is 0.410 e. The molecule has 1 aliphatic heterocycles. The second-order valence-corrected chi connectivity index (χ2v) is 8.49. The molecular formula is C19H25N5O3. The summed E-state index contributed by atoms with van der Waals surface area (Å²) < 4.78 is 5.48. The molecule has 2 bridgehead atoms. The number of hydrogen-bond acceptors (Lipinski definition) is 5. The minimum atomic E-state index is -0.499. The van der Waals surface area contributed by atoms with E-state index in [4.69, 9.17) is 4.74 Å². The topological polar surface area (TPSA) is 100 Å². The lowest BCUT2D eigenvalue weighted by molar-refractivity contribution is -0.127. The van der Waals surface area contributed by atoms with Crippen molar-refractivity contribution < 1.29 is 14.3 Å². The number of ether oxygens (including phenoxy) is 1. The SMILES string of the molecule is CC(C)(C)OC(=O)N1CC2CC1CC2C(=O)NCc1ccc2n[nH]nc2c1. The smallest absolute Gasteiger partial charge is 0.410 e. The Hall–Kier alpha value is -2.64. The van der Waals surface area contributed by atoms with Crippen LogP contribution in [0.15, 0.2) is 18.2 Å². The van der Waals surface area contributed by atoms with Gasteiger partial charge in [-0.05, 0) is 57.2 Å². The quantitative estimate of drug-likeness (QED) is 0.862. The third-order valence-corrected chi connectivity index (χ3v) is 5.35. The second kappa shape index (κ2) is 6.51. The van der Waals surface area contributed by atoms with E-state index in [1.165, 1.54) is 0 Å². The molecule has 3 atom stereocenters. The number of rotatable bonds is 3. The molecule has 1 saturated heterocycles. The summed E-state index contributed by atoms with van der Waals surface area (Å²) in [6.07, 6.45) is 1.31. The minimum absolute atomic E-state index is 0.0375. The molecule has 2 fully saturated rings. The molecule has 2 aromatic rings. The molecule has 27 heavy (non-hydrogen) atoms. The molecule has 0 radical (unpaired) electrons. The van der Waals surface area contributed by atoms with Gasteiger partial charge >= 0.3 is 6.09 Å². The van der Waals surface area contributed by atoms with E-state index in [1.807, 2.05) is 39.0 Å². The molecule has 8 nitrogen and oxygen atoms in total. The number of aromatic amines is 1. The fourth-order valence-corrected chi connectivity index (χ4v) is 4.13. The first-order valence-electron chi connectivity index (χ1n) is 9.37. The van der Waals surface area contributed by atoms with Crippen molar-refractivity contribution in [1.82, 2.24) is 25.6 Å². The third kappa shape index (κ3) is 3.61. The summed E-state index contributed by atoms with van der Waals surface area (Å²) in [7, 11) is 0. The van der Waals surface area contributed by atoms with Crippen LogP contribution in [0.5, 0.6) is 0 Å². The maximum absolute atomic E-state index is 12.6. The van der Waals surface area contributed by atoms with Crippen molar-refractivity contribution in [2.45, 2.75) is 51.8 Å². The molecule has 2 aliphatic rings. The Balaban J connectivity index is 1.32. The van der Waals surface area contributed by atoms with Crippen LogP contribution in [0, 0.1) is 11.8 Å². The molecule has 2 amide bonds. The van der Waals surface area contributed by atoms with Crippen LogP contribution in [0.4, 0.5) is 4.79 Å². The van der Waals surface area contributed by atoms with E-state index in [0.717, 1.165) is 23.0 Å². The predicted octanol–water partition coefficient (Wildman–Crippen LogP) is 2.22.